The van der Waals surface area contributed by atoms with Gasteiger partial charge in [0.15, 0.2) is 0 Å². The topological polar surface area (TPSA) is 99.5 Å². The molecule has 0 radical (unpaired) electrons. The molecule has 0 heterocycles. The van der Waals surface area contributed by atoms with Gasteiger partial charge in [0.05, 0.1) is 0 Å². The molecule has 0 saturated heterocycles. The van der Waals surface area contributed by atoms with E-state index in [4.69, 9.17) is 23.3 Å². The summed E-state index contributed by atoms with van der Waals surface area (Å²) in [6.45, 7) is 86.2. The molecule has 0 saturated carbocycles. The van der Waals surface area contributed by atoms with Crippen LogP contribution in [-0.4, -0.2) is 59.5 Å². The molecule has 0 amide bonds. The molecule has 0 N–H and O–H groups in total. The van der Waals surface area contributed by atoms with Gasteiger partial charge >= 0.3 is 392 Å². The van der Waals surface area contributed by atoms with Crippen LogP contribution in [0, 0.1) is 33.3 Å². The van der Waals surface area contributed by atoms with E-state index in [1.807, 2.05) is 37.0 Å². The molecular weight excluding hydrogens is 1070 g/mol. The van der Waals surface area contributed by atoms with Crippen molar-refractivity contribution in [3.05, 3.63) is 90.9 Å². The van der Waals surface area contributed by atoms with Gasteiger partial charge in [0.2, 0.25) is 0 Å². The predicted molar refractivity (Wildman–Crippen MR) is 268 cm³/mol. The Balaban J connectivity index is -0.00000145. The average Bonchev–Trinajstić information content (AvgIpc) is 3.08. The summed E-state index contributed by atoms with van der Waals surface area (Å²) in [6, 6.07) is 11.3. The monoisotopic (exact) mass is 1150 g/mol. The van der Waals surface area contributed by atoms with E-state index in [1.165, 1.54) is 0 Å². The molecule has 0 spiro atoms. The van der Waals surface area contributed by atoms with Crippen molar-refractivity contribution >= 4 is 68.3 Å². The molecule has 0 aliphatic rings. The van der Waals surface area contributed by atoms with E-state index in [0.717, 1.165) is 15.5 Å². The van der Waals surface area contributed by atoms with Crippen molar-refractivity contribution in [3.8, 4) is 0 Å². The maximum atomic E-state index is 7.50. The van der Waals surface area contributed by atoms with Crippen molar-refractivity contribution in [2.45, 2.75) is 193 Å². The van der Waals surface area contributed by atoms with Crippen LogP contribution in [0.4, 0.5) is 0 Å². The molecule has 334 valence electrons. The molecule has 0 aromatic heterocycles. The molecule has 0 aliphatic carbocycles. The Morgan fingerprint density at radius 1 is 0.350 bits per heavy atom. The van der Waals surface area contributed by atoms with Crippen LogP contribution in [0.5, 0.6) is 0 Å². The van der Waals surface area contributed by atoms with Crippen molar-refractivity contribution < 1.29 is 40.3 Å². The van der Waals surface area contributed by atoms with Gasteiger partial charge in [-0.25, -0.2) is 0 Å². The summed E-state index contributed by atoms with van der Waals surface area (Å²) in [5.74, 6) is 1.65. The zero-order valence-electron chi connectivity index (χ0n) is 42.2. The molecule has 13 heteroatoms. The van der Waals surface area contributed by atoms with Crippen LogP contribution < -0.4 is 8.79 Å². The zero-order valence-corrected chi connectivity index (χ0v) is 53.3. The predicted octanol–water partition coefficient (Wildman–Crippen LogP) is 13.0. The Kier molecular flexibility index (Phi) is 30.1. The van der Waals surface area contributed by atoms with Crippen LogP contribution in [0.15, 0.2) is 24.3 Å². The van der Waals surface area contributed by atoms with Gasteiger partial charge in [0.25, 0.3) is 0 Å². The van der Waals surface area contributed by atoms with Crippen LogP contribution in [0.2, 0.25) is 118 Å². The minimum absolute atomic E-state index is 0.548. The number of rotatable bonds is 14. The van der Waals surface area contributed by atoms with E-state index < -0.39 is 59.5 Å². The average molecular weight is 1150 g/mol. The van der Waals surface area contributed by atoms with Gasteiger partial charge in [-0.15, -0.1) is 0 Å². The van der Waals surface area contributed by atoms with Crippen molar-refractivity contribution in [2.24, 2.45) is 0 Å². The third-order valence-electron chi connectivity index (χ3n) is 11.0. The molecule has 0 unspecified atom stereocenters. The first-order chi connectivity index (χ1) is 27.0. The Morgan fingerprint density at radius 3 is 0.733 bits per heavy atom. The van der Waals surface area contributed by atoms with Crippen molar-refractivity contribution in [1.29, 1.82) is 0 Å². The normalized spacial score (nSPS) is 12.1. The van der Waals surface area contributed by atoms with Crippen LogP contribution in [0.1, 0.15) is 108 Å². The van der Waals surface area contributed by atoms with E-state index in [9.17, 15) is 0 Å². The molecule has 2 aromatic rings. The third-order valence-corrected chi connectivity index (χ3v) is 50.8. The minimum atomic E-state index is -1.99. The van der Waals surface area contributed by atoms with Gasteiger partial charge < -0.3 is 0 Å². The zero-order chi connectivity index (χ0) is 49.5. The van der Waals surface area contributed by atoms with Crippen molar-refractivity contribution in [3.63, 3.8) is 0 Å². The number of benzene rings is 2. The van der Waals surface area contributed by atoms with Gasteiger partial charge in [-0.2, -0.15) is 0 Å². The summed E-state index contributed by atoms with van der Waals surface area (Å²) in [6.07, 6.45) is 0. The molecule has 60 heavy (non-hydrogen) atoms. The fourth-order valence-electron chi connectivity index (χ4n) is 10.7. The summed E-state index contributed by atoms with van der Waals surface area (Å²) >= 11 is -0.0727. The second kappa shape index (κ2) is 27.2. The van der Waals surface area contributed by atoms with Crippen LogP contribution in [0.25, 0.3) is 0 Å². The van der Waals surface area contributed by atoms with E-state index in [1.54, 1.807) is 22.3 Å². The van der Waals surface area contributed by atoms with E-state index in [2.05, 4.69) is 217 Å². The van der Waals surface area contributed by atoms with Crippen molar-refractivity contribution in [1.82, 2.24) is 0 Å². The summed E-state index contributed by atoms with van der Waals surface area (Å²) in [5, 5.41) is 2.29. The van der Waals surface area contributed by atoms with Gasteiger partial charge in [-0.1, -0.05) is 0 Å². The summed E-state index contributed by atoms with van der Waals surface area (Å²) < 4.78 is 41.4. The molecule has 0 fully saturated rings. The Hall–Kier alpha value is -0.328. The number of hydrogen-bond donors (Lipinski definition) is 0. The van der Waals surface area contributed by atoms with Crippen LogP contribution >= 0.6 is 0 Å². The molecule has 5 nitrogen and oxygen atoms in total. The first-order valence-corrected chi connectivity index (χ1v) is 53.0. The number of hydrogen-bond acceptors (Lipinski definition) is 0. The van der Waals surface area contributed by atoms with Gasteiger partial charge in [0.1, 0.15) is 0 Å². The van der Waals surface area contributed by atoms with Gasteiger partial charge in [0, 0.05) is 0 Å². The van der Waals surface area contributed by atoms with Crippen LogP contribution in [0.3, 0.4) is 0 Å². The quantitative estimate of drug-likeness (QED) is 0.102. The summed E-state index contributed by atoms with van der Waals surface area (Å²) in [5.41, 5.74) is 10.5. The first-order valence-electron chi connectivity index (χ1n) is 21.0. The molecule has 0 atom stereocenters. The third kappa shape index (κ3) is 18.6. The summed E-state index contributed by atoms with van der Waals surface area (Å²) in [4.78, 5) is 0. The van der Waals surface area contributed by atoms with E-state index in [-0.39, 0.29) is 0 Å². The molecule has 2 aromatic carbocycles. The Bertz CT molecular complexity index is 1610. The van der Waals surface area contributed by atoms with Gasteiger partial charge in [-0.05, 0) is 0 Å². The Morgan fingerprint density at radius 2 is 0.550 bits per heavy atom. The maximum absolute atomic E-state index is 7.50. The van der Waals surface area contributed by atoms with E-state index in [0.29, 0.717) is 17.8 Å². The Labute approximate surface area is 389 Å². The van der Waals surface area contributed by atoms with Crippen LogP contribution in [-0.2, 0) is 40.3 Å². The second-order valence-corrected chi connectivity index (χ2v) is 68.1. The van der Waals surface area contributed by atoms with Crippen molar-refractivity contribution in [2.75, 3.05) is 0 Å². The SMILES string of the molecule is CC(C)c1cc(C(C)C)[c]([Ge](=[W])[c]2c(C([Si](C)(C)C)[Si](C)(C)C)cc(C([Si](C)(C)C)[Si](C)(C)C)cc2C([Si](C)(C)C)[Si](C)(C)C)c(C(C)C)c1.[C-]#[O+].[C-]#[O+].[C-]#[O+].[C-]#[O+].[C-]#[O+]. The first kappa shape index (κ1) is 66.3. The molecule has 0 bridgehead atoms. The fourth-order valence-corrected chi connectivity index (χ4v) is 64.0. The summed E-state index contributed by atoms with van der Waals surface area (Å²) in [7, 11) is -9.39. The molecule has 0 aliphatic heterocycles. The fraction of sp³-hybridized carbons (Fsp3) is 0.638. The molecule has 2 rings (SSSR count). The van der Waals surface area contributed by atoms with E-state index >= 15 is 0 Å². The second-order valence-electron chi connectivity index (χ2n) is 23.4. The standard InChI is InChI=1S/C42H82GeSi6.5CO.W/c1-29(2)32-25-34(30(3)4)38(35(26-32)31(5)6)43-39-36(41(46(13,14)15)47(16,17)18)27-33(40(44(7,8)9)45(10,11)12)28-37(39)42(48(19,20)21)49(22,23)24;5*1-2;/h25-31,40-42H,1-24H3;;;;;;. The molecular formula is C47H82GeO5Si6W. The van der Waals surface area contributed by atoms with Gasteiger partial charge in [-0.3, -0.25) is 0 Å².